The lowest BCUT2D eigenvalue weighted by Crippen LogP contribution is -2.28. The Bertz CT molecular complexity index is 606. The van der Waals surface area contributed by atoms with E-state index in [0.717, 1.165) is 12.1 Å². The van der Waals surface area contributed by atoms with E-state index in [1.54, 1.807) is 7.11 Å². The number of nitrogens with zero attached hydrogens (tertiary/aromatic N) is 3. The molecule has 1 aliphatic heterocycles. The second kappa shape index (κ2) is 8.40. The fourth-order valence-electron chi connectivity index (χ4n) is 3.34. The molecular formula is C19H27N3O2. The summed E-state index contributed by atoms with van der Waals surface area (Å²) in [5.74, 6) is 1.46. The van der Waals surface area contributed by atoms with E-state index in [9.17, 15) is 0 Å². The van der Waals surface area contributed by atoms with Crippen LogP contribution in [0.1, 0.15) is 62.0 Å². The summed E-state index contributed by atoms with van der Waals surface area (Å²) in [5, 5.41) is 8.51. The molecule has 2 aromatic rings. The molecule has 1 aromatic heterocycles. The van der Waals surface area contributed by atoms with Crippen LogP contribution in [-0.2, 0) is 4.74 Å². The van der Waals surface area contributed by atoms with Crippen LogP contribution in [-0.4, -0.2) is 41.8 Å². The van der Waals surface area contributed by atoms with Gasteiger partial charge in [-0.05, 0) is 31.5 Å². The molecule has 3 rings (SSSR count). The Balaban J connectivity index is 1.67. The van der Waals surface area contributed by atoms with Crippen molar-refractivity contribution in [2.75, 3.05) is 26.7 Å². The molecule has 1 aliphatic rings. The molecular weight excluding hydrogens is 302 g/mol. The van der Waals surface area contributed by atoms with E-state index in [2.05, 4.69) is 22.0 Å². The molecule has 0 saturated carbocycles. The third-order valence-corrected chi connectivity index (χ3v) is 4.67. The van der Waals surface area contributed by atoms with Gasteiger partial charge in [-0.25, -0.2) is 0 Å². The van der Waals surface area contributed by atoms with E-state index in [1.165, 1.54) is 38.8 Å². The van der Waals surface area contributed by atoms with Gasteiger partial charge in [0, 0.05) is 19.6 Å². The third-order valence-electron chi connectivity index (χ3n) is 4.67. The second-order valence-electron chi connectivity index (χ2n) is 6.62. The molecule has 0 bridgehead atoms. The highest BCUT2D eigenvalue weighted by atomic mass is 16.5. The fourth-order valence-corrected chi connectivity index (χ4v) is 3.34. The summed E-state index contributed by atoms with van der Waals surface area (Å²) < 4.78 is 11.5. The highest BCUT2D eigenvalue weighted by molar-refractivity contribution is 5.21. The Labute approximate surface area is 144 Å². The van der Waals surface area contributed by atoms with E-state index in [4.69, 9.17) is 9.15 Å². The molecule has 1 aromatic carbocycles. The summed E-state index contributed by atoms with van der Waals surface area (Å²) >= 11 is 0. The van der Waals surface area contributed by atoms with E-state index >= 15 is 0 Å². The molecule has 1 fully saturated rings. The topological polar surface area (TPSA) is 51.4 Å². The summed E-state index contributed by atoms with van der Waals surface area (Å²) in [6.07, 6.45) is 4.98. The summed E-state index contributed by atoms with van der Waals surface area (Å²) in [4.78, 5) is 2.52. The van der Waals surface area contributed by atoms with Crippen molar-refractivity contribution in [2.45, 2.75) is 44.6 Å². The van der Waals surface area contributed by atoms with Gasteiger partial charge < -0.3 is 14.1 Å². The zero-order valence-electron chi connectivity index (χ0n) is 14.6. The van der Waals surface area contributed by atoms with Gasteiger partial charge in [0.2, 0.25) is 11.8 Å². The van der Waals surface area contributed by atoms with Crippen molar-refractivity contribution in [3.05, 3.63) is 47.7 Å². The summed E-state index contributed by atoms with van der Waals surface area (Å²) in [6.45, 7) is 5.49. The number of benzene rings is 1. The molecule has 1 saturated heterocycles. The number of likely N-dealkylation sites (tertiary alicyclic amines) is 1. The first kappa shape index (κ1) is 17.1. The van der Waals surface area contributed by atoms with Crippen molar-refractivity contribution in [1.29, 1.82) is 0 Å². The lowest BCUT2D eigenvalue weighted by atomic mass is 10.1. The number of ether oxygens (including phenoxy) is 1. The Morgan fingerprint density at radius 1 is 1.04 bits per heavy atom. The predicted octanol–water partition coefficient (Wildman–Crippen LogP) is 3.78. The highest BCUT2D eigenvalue weighted by Gasteiger charge is 2.23. The zero-order chi connectivity index (χ0) is 16.8. The molecule has 5 heteroatoms. The van der Waals surface area contributed by atoms with Gasteiger partial charge >= 0.3 is 0 Å². The normalized spacial score (nSPS) is 18.9. The Morgan fingerprint density at radius 3 is 2.38 bits per heavy atom. The fraction of sp³-hybridized carbons (Fsp3) is 0.579. The number of aromatic nitrogens is 2. The first-order valence-electron chi connectivity index (χ1n) is 8.91. The van der Waals surface area contributed by atoms with E-state index in [0.29, 0.717) is 11.8 Å². The van der Waals surface area contributed by atoms with Crippen LogP contribution in [0, 0.1) is 0 Å². The second-order valence-corrected chi connectivity index (χ2v) is 6.62. The number of hydrogen-bond donors (Lipinski definition) is 0. The van der Waals surface area contributed by atoms with Crippen LogP contribution in [0.25, 0.3) is 0 Å². The van der Waals surface area contributed by atoms with Gasteiger partial charge in [0.15, 0.2) is 6.10 Å². The van der Waals surface area contributed by atoms with Crippen molar-refractivity contribution >= 4 is 0 Å². The van der Waals surface area contributed by atoms with Gasteiger partial charge in [-0.15, -0.1) is 10.2 Å². The van der Waals surface area contributed by atoms with Crippen LogP contribution in [0.3, 0.4) is 0 Å². The van der Waals surface area contributed by atoms with Crippen LogP contribution in [0.4, 0.5) is 0 Å². The minimum absolute atomic E-state index is 0.234. The SMILES string of the molecule is CO[C@@H](c1ccccc1)c1nnc([C@H](C)CN2CCCCCC2)o1. The van der Waals surface area contributed by atoms with E-state index in [1.807, 2.05) is 30.3 Å². The van der Waals surface area contributed by atoms with Crippen LogP contribution < -0.4 is 0 Å². The van der Waals surface area contributed by atoms with Gasteiger partial charge in [0.05, 0.1) is 0 Å². The van der Waals surface area contributed by atoms with Gasteiger partial charge in [-0.2, -0.15) is 0 Å². The van der Waals surface area contributed by atoms with Gasteiger partial charge in [-0.1, -0.05) is 50.1 Å². The molecule has 0 unspecified atom stereocenters. The number of rotatable bonds is 6. The standard InChI is InChI=1S/C19H27N3O2/c1-15(14-22-12-8-3-4-9-13-22)18-20-21-19(24-18)17(23-2)16-10-6-5-7-11-16/h5-7,10-11,15,17H,3-4,8-9,12-14H2,1-2H3/t15-,17+/m1/s1. The average Bonchev–Trinajstić information content (AvgIpc) is 2.95. The Hall–Kier alpha value is -1.72. The zero-order valence-corrected chi connectivity index (χ0v) is 14.6. The van der Waals surface area contributed by atoms with Crippen LogP contribution >= 0.6 is 0 Å². The molecule has 0 amide bonds. The minimum atomic E-state index is -0.308. The van der Waals surface area contributed by atoms with Crippen molar-refractivity contribution in [2.24, 2.45) is 0 Å². The Kier molecular flexibility index (Phi) is 5.99. The maximum Gasteiger partial charge on any atom is 0.249 e. The quantitative estimate of drug-likeness (QED) is 0.807. The summed E-state index contributed by atoms with van der Waals surface area (Å²) in [6, 6.07) is 9.98. The van der Waals surface area contributed by atoms with Gasteiger partial charge in [0.1, 0.15) is 0 Å². The maximum absolute atomic E-state index is 5.95. The molecule has 0 spiro atoms. The average molecular weight is 329 g/mol. The minimum Gasteiger partial charge on any atom is -0.422 e. The van der Waals surface area contributed by atoms with Crippen molar-refractivity contribution < 1.29 is 9.15 Å². The van der Waals surface area contributed by atoms with Gasteiger partial charge in [0.25, 0.3) is 0 Å². The first-order chi connectivity index (χ1) is 11.8. The number of hydrogen-bond acceptors (Lipinski definition) is 5. The smallest absolute Gasteiger partial charge is 0.249 e. The predicted molar refractivity (Wildman–Crippen MR) is 92.9 cm³/mol. The first-order valence-corrected chi connectivity index (χ1v) is 8.91. The monoisotopic (exact) mass is 329 g/mol. The molecule has 24 heavy (non-hydrogen) atoms. The maximum atomic E-state index is 5.95. The van der Waals surface area contributed by atoms with Crippen molar-refractivity contribution in [3.63, 3.8) is 0 Å². The molecule has 2 heterocycles. The third kappa shape index (κ3) is 4.22. The van der Waals surface area contributed by atoms with Crippen molar-refractivity contribution in [3.8, 4) is 0 Å². The molecule has 5 nitrogen and oxygen atoms in total. The van der Waals surface area contributed by atoms with Crippen LogP contribution in [0.15, 0.2) is 34.7 Å². The summed E-state index contributed by atoms with van der Waals surface area (Å²) in [5.41, 5.74) is 1.02. The molecule has 2 atom stereocenters. The molecule has 0 N–H and O–H groups in total. The van der Waals surface area contributed by atoms with Gasteiger partial charge in [-0.3, -0.25) is 0 Å². The van der Waals surface area contributed by atoms with Crippen LogP contribution in [0.5, 0.6) is 0 Å². The van der Waals surface area contributed by atoms with E-state index < -0.39 is 0 Å². The Morgan fingerprint density at radius 2 is 1.71 bits per heavy atom. The molecule has 130 valence electrons. The number of methoxy groups -OCH3 is 1. The van der Waals surface area contributed by atoms with Crippen molar-refractivity contribution in [1.82, 2.24) is 15.1 Å². The highest BCUT2D eigenvalue weighted by Crippen LogP contribution is 2.26. The molecule has 0 aliphatic carbocycles. The summed E-state index contributed by atoms with van der Waals surface area (Å²) in [7, 11) is 1.67. The lowest BCUT2D eigenvalue weighted by molar-refractivity contribution is 0.109. The molecule has 0 radical (unpaired) electrons. The van der Waals surface area contributed by atoms with E-state index in [-0.39, 0.29) is 12.0 Å². The lowest BCUT2D eigenvalue weighted by Gasteiger charge is -2.22. The largest absolute Gasteiger partial charge is 0.422 e. The van der Waals surface area contributed by atoms with Crippen LogP contribution in [0.2, 0.25) is 0 Å².